The molecule has 1 heterocycles. The highest BCUT2D eigenvalue weighted by Gasteiger charge is 2.30. The molecule has 6 nitrogen and oxygen atoms in total. The third-order valence-corrected chi connectivity index (χ3v) is 6.18. The molecule has 158 valence electrons. The van der Waals surface area contributed by atoms with Crippen molar-refractivity contribution in [1.82, 2.24) is 9.55 Å². The fourth-order valence-electron chi connectivity index (χ4n) is 2.62. The van der Waals surface area contributed by atoms with Crippen molar-refractivity contribution < 1.29 is 31.1 Å². The topological polar surface area (TPSA) is 78.3 Å². The Balaban J connectivity index is 1.83. The molecular weight excluding hydrogens is 445 g/mol. The second-order valence-corrected chi connectivity index (χ2v) is 8.50. The van der Waals surface area contributed by atoms with Crippen molar-refractivity contribution in [3.63, 3.8) is 0 Å². The highest BCUT2D eigenvalue weighted by atomic mass is 35.5. The predicted molar refractivity (Wildman–Crippen MR) is 103 cm³/mol. The average Bonchev–Trinajstić information content (AvgIpc) is 3.08. The number of hydrogen-bond acceptors (Lipinski definition) is 5. The van der Waals surface area contributed by atoms with E-state index in [2.05, 4.69) is 4.98 Å². The van der Waals surface area contributed by atoms with Crippen molar-refractivity contribution in [3.8, 4) is 11.4 Å². The number of ketones is 1. The van der Waals surface area contributed by atoms with Crippen LogP contribution < -0.4 is 4.74 Å². The molecule has 0 amide bonds. The van der Waals surface area contributed by atoms with Gasteiger partial charge in [0.05, 0.1) is 17.6 Å². The molecule has 0 spiro atoms. The number of halogens is 4. The molecular formula is C19H14ClF3N2O4S. The normalized spacial score (nSPS) is 12.0. The van der Waals surface area contributed by atoms with Crippen LogP contribution in [0, 0.1) is 0 Å². The van der Waals surface area contributed by atoms with E-state index in [4.69, 9.17) is 16.3 Å². The molecule has 0 unspecified atom stereocenters. The minimum atomic E-state index is -4.49. The van der Waals surface area contributed by atoms with Gasteiger partial charge in [0.2, 0.25) is 0 Å². The lowest BCUT2D eigenvalue weighted by atomic mass is 10.2. The number of ether oxygens (including phenoxy) is 1. The Bertz CT molecular complexity index is 1170. The van der Waals surface area contributed by atoms with Crippen LogP contribution >= 0.6 is 11.6 Å². The summed E-state index contributed by atoms with van der Waals surface area (Å²) in [6.07, 6.45) is -3.35. The Kier molecular flexibility index (Phi) is 5.91. The van der Waals surface area contributed by atoms with Gasteiger partial charge in [-0.05, 0) is 48.5 Å². The Hall–Kier alpha value is -2.85. The summed E-state index contributed by atoms with van der Waals surface area (Å²) in [7, 11) is -2.53. The van der Waals surface area contributed by atoms with Gasteiger partial charge in [-0.2, -0.15) is 13.2 Å². The van der Waals surface area contributed by atoms with Crippen molar-refractivity contribution >= 4 is 27.2 Å². The number of hydrogen-bond donors (Lipinski definition) is 0. The van der Waals surface area contributed by atoms with Crippen LogP contribution in [0.3, 0.4) is 0 Å². The standard InChI is InChI=1S/C19H14ClF3N2O4S/c1-29-14-6-8-15(9-7-14)30(27,28)10-16(26)17-18(20)25(11-24-17)13-4-2-12(3-5-13)19(21,22)23/h2-9,11H,10H2,1H3. The second-order valence-electron chi connectivity index (χ2n) is 6.16. The van der Waals surface area contributed by atoms with E-state index in [9.17, 15) is 26.4 Å². The van der Waals surface area contributed by atoms with Crippen molar-refractivity contribution in [1.29, 1.82) is 0 Å². The minimum absolute atomic E-state index is 0.0741. The van der Waals surface area contributed by atoms with Crippen LogP contribution in [0.25, 0.3) is 5.69 Å². The van der Waals surface area contributed by atoms with Crippen LogP contribution in [0.4, 0.5) is 13.2 Å². The second kappa shape index (κ2) is 8.11. The Morgan fingerprint density at radius 1 is 1.10 bits per heavy atom. The molecule has 0 saturated heterocycles. The van der Waals surface area contributed by atoms with E-state index in [-0.39, 0.29) is 21.4 Å². The number of carbonyl (C=O) groups excluding carboxylic acids is 1. The first kappa shape index (κ1) is 21.8. The van der Waals surface area contributed by atoms with Crippen LogP contribution in [-0.2, 0) is 16.0 Å². The molecule has 0 bridgehead atoms. The lowest BCUT2D eigenvalue weighted by Gasteiger charge is -2.09. The molecule has 30 heavy (non-hydrogen) atoms. The van der Waals surface area contributed by atoms with Crippen molar-refractivity contribution in [3.05, 3.63) is 71.3 Å². The maximum atomic E-state index is 12.7. The number of imidazole rings is 1. The van der Waals surface area contributed by atoms with Gasteiger partial charge in [-0.3, -0.25) is 9.36 Å². The molecule has 0 aliphatic carbocycles. The highest BCUT2D eigenvalue weighted by molar-refractivity contribution is 7.92. The number of Topliss-reactive ketones (excluding diaryl/α,β-unsaturated/α-hetero) is 1. The van der Waals surface area contributed by atoms with Gasteiger partial charge in [0, 0.05) is 5.69 Å². The summed E-state index contributed by atoms with van der Waals surface area (Å²) in [6, 6.07) is 9.57. The zero-order chi connectivity index (χ0) is 22.1. The SMILES string of the molecule is COc1ccc(S(=O)(=O)CC(=O)c2ncn(-c3ccc(C(F)(F)F)cc3)c2Cl)cc1. The molecule has 2 aromatic carbocycles. The zero-order valence-electron chi connectivity index (χ0n) is 15.4. The van der Waals surface area contributed by atoms with Crippen molar-refractivity contribution in [2.75, 3.05) is 12.9 Å². The van der Waals surface area contributed by atoms with Gasteiger partial charge in [0.25, 0.3) is 0 Å². The number of rotatable bonds is 6. The van der Waals surface area contributed by atoms with E-state index in [0.29, 0.717) is 5.75 Å². The fraction of sp³-hybridized carbons (Fsp3) is 0.158. The molecule has 11 heteroatoms. The lowest BCUT2D eigenvalue weighted by molar-refractivity contribution is -0.137. The third kappa shape index (κ3) is 4.49. The van der Waals surface area contributed by atoms with Gasteiger partial charge in [0.1, 0.15) is 28.7 Å². The smallest absolute Gasteiger partial charge is 0.416 e. The largest absolute Gasteiger partial charge is 0.497 e. The van der Waals surface area contributed by atoms with Crippen molar-refractivity contribution in [2.24, 2.45) is 0 Å². The first-order valence-electron chi connectivity index (χ1n) is 8.33. The van der Waals surface area contributed by atoms with E-state index < -0.39 is 33.1 Å². The summed E-state index contributed by atoms with van der Waals surface area (Å²) in [6.45, 7) is 0. The van der Waals surface area contributed by atoms with Crippen LogP contribution in [0.5, 0.6) is 5.75 Å². The number of nitrogens with zero attached hydrogens (tertiary/aromatic N) is 2. The van der Waals surface area contributed by atoms with E-state index in [1.807, 2.05) is 0 Å². The van der Waals surface area contributed by atoms with E-state index in [1.54, 1.807) is 0 Å². The summed E-state index contributed by atoms with van der Waals surface area (Å²) in [5, 5.41) is -0.204. The Morgan fingerprint density at radius 3 is 2.23 bits per heavy atom. The number of sulfone groups is 1. The quantitative estimate of drug-likeness (QED) is 0.517. The first-order chi connectivity index (χ1) is 14.0. The maximum absolute atomic E-state index is 12.7. The maximum Gasteiger partial charge on any atom is 0.416 e. The van der Waals surface area contributed by atoms with Crippen LogP contribution in [-0.4, -0.2) is 36.6 Å². The molecule has 0 N–H and O–H groups in total. The summed E-state index contributed by atoms with van der Waals surface area (Å²) < 4.78 is 69.2. The molecule has 0 fully saturated rings. The average molecular weight is 459 g/mol. The van der Waals surface area contributed by atoms with Gasteiger partial charge >= 0.3 is 6.18 Å². The molecule has 0 atom stereocenters. The number of benzene rings is 2. The van der Waals surface area contributed by atoms with Crippen LogP contribution in [0.15, 0.2) is 59.8 Å². The third-order valence-electron chi connectivity index (χ3n) is 4.19. The lowest BCUT2D eigenvalue weighted by Crippen LogP contribution is -2.17. The van der Waals surface area contributed by atoms with Crippen LogP contribution in [0.1, 0.15) is 16.1 Å². The predicted octanol–water partition coefficient (Wildman–Crippen LogP) is 4.21. The fourth-order valence-corrected chi connectivity index (χ4v) is 4.11. The molecule has 1 aromatic heterocycles. The molecule has 3 aromatic rings. The first-order valence-corrected chi connectivity index (χ1v) is 10.4. The summed E-state index contributed by atoms with van der Waals surface area (Å²) in [5.41, 5.74) is -0.907. The summed E-state index contributed by atoms with van der Waals surface area (Å²) in [4.78, 5) is 16.3. The van der Waals surface area contributed by atoms with Gasteiger partial charge in [0.15, 0.2) is 15.6 Å². The highest BCUT2D eigenvalue weighted by Crippen LogP contribution is 2.30. The molecule has 0 aliphatic rings. The van der Waals surface area contributed by atoms with Gasteiger partial charge in [-0.15, -0.1) is 0 Å². The summed E-state index contributed by atoms with van der Waals surface area (Å²) in [5.74, 6) is -1.26. The Morgan fingerprint density at radius 2 is 1.70 bits per heavy atom. The minimum Gasteiger partial charge on any atom is -0.497 e. The summed E-state index contributed by atoms with van der Waals surface area (Å²) >= 11 is 6.14. The Labute approximate surface area is 174 Å². The number of methoxy groups -OCH3 is 1. The molecule has 3 rings (SSSR count). The molecule has 0 saturated carbocycles. The molecule has 0 aliphatic heterocycles. The van der Waals surface area contributed by atoms with E-state index in [0.717, 1.165) is 18.5 Å². The number of alkyl halides is 3. The monoisotopic (exact) mass is 458 g/mol. The van der Waals surface area contributed by atoms with Crippen LogP contribution in [0.2, 0.25) is 5.15 Å². The number of aromatic nitrogens is 2. The van der Waals surface area contributed by atoms with E-state index in [1.165, 1.54) is 48.1 Å². The van der Waals surface area contributed by atoms with Crippen molar-refractivity contribution in [2.45, 2.75) is 11.1 Å². The number of carbonyl (C=O) groups is 1. The van der Waals surface area contributed by atoms with Gasteiger partial charge in [-0.1, -0.05) is 11.6 Å². The molecule has 0 radical (unpaired) electrons. The van der Waals surface area contributed by atoms with Gasteiger partial charge < -0.3 is 4.74 Å². The van der Waals surface area contributed by atoms with Gasteiger partial charge in [-0.25, -0.2) is 13.4 Å². The van der Waals surface area contributed by atoms with E-state index >= 15 is 0 Å². The zero-order valence-corrected chi connectivity index (χ0v) is 16.9.